The molecule has 0 spiro atoms. The van der Waals surface area contributed by atoms with Gasteiger partial charge >= 0.3 is 0 Å². The van der Waals surface area contributed by atoms with Gasteiger partial charge < -0.3 is 9.47 Å². The van der Waals surface area contributed by atoms with E-state index in [0.717, 1.165) is 10.9 Å². The molecule has 6 nitrogen and oxygen atoms in total. The van der Waals surface area contributed by atoms with Crippen molar-refractivity contribution < 1.29 is 9.47 Å². The lowest BCUT2D eigenvalue weighted by Gasteiger charge is -2.13. The Balaban J connectivity index is 2.17. The third-order valence-electron chi connectivity index (χ3n) is 4.28. The molecular weight excluding hydrogens is 470 g/mol. The number of aryl methyl sites for hydroxylation is 1. The minimum Gasteiger partial charge on any atom is -0.493 e. The highest BCUT2D eigenvalue weighted by Crippen LogP contribution is 2.34. The maximum atomic E-state index is 13.1. The molecule has 1 heterocycles. The number of nitrogens with zero attached hydrogens (tertiary/aromatic N) is 3. The molecule has 3 rings (SSSR count). The van der Waals surface area contributed by atoms with Crippen molar-refractivity contribution in [3.63, 3.8) is 0 Å². The predicted molar refractivity (Wildman–Crippen MR) is 124 cm³/mol. The molecule has 1 aromatic heterocycles. The van der Waals surface area contributed by atoms with Gasteiger partial charge in [0.25, 0.3) is 5.56 Å². The number of aromatic nitrogens is 2. The van der Waals surface area contributed by atoms with Gasteiger partial charge in [0, 0.05) is 27.5 Å². The van der Waals surface area contributed by atoms with E-state index in [4.69, 9.17) is 21.1 Å². The summed E-state index contributed by atoms with van der Waals surface area (Å²) in [7, 11) is 1.53. The SMILES string of the molecule is C=CCOc1c(C=Nn2c(CCC)nc3ccc(Br)cc3c2=O)cc(Cl)cc1OC. The van der Waals surface area contributed by atoms with Crippen molar-refractivity contribution in [3.8, 4) is 11.5 Å². The molecule has 0 aliphatic heterocycles. The summed E-state index contributed by atoms with van der Waals surface area (Å²) in [6, 6.07) is 8.77. The van der Waals surface area contributed by atoms with Crippen molar-refractivity contribution in [3.05, 3.63) is 74.2 Å². The van der Waals surface area contributed by atoms with Crippen molar-refractivity contribution in [2.75, 3.05) is 13.7 Å². The third kappa shape index (κ3) is 4.74. The molecule has 8 heteroatoms. The summed E-state index contributed by atoms with van der Waals surface area (Å²) in [5.41, 5.74) is 0.964. The first-order chi connectivity index (χ1) is 14.5. The lowest BCUT2D eigenvalue weighted by Crippen LogP contribution is -2.22. The Bertz CT molecular complexity index is 1170. The van der Waals surface area contributed by atoms with Crippen molar-refractivity contribution in [1.29, 1.82) is 0 Å². The standard InChI is InChI=1S/C22H21BrClN3O3/c1-4-6-20-26-18-8-7-15(23)11-17(18)22(28)27(20)25-13-14-10-16(24)12-19(29-3)21(14)30-9-5-2/h5,7-8,10-13H,2,4,6,9H2,1,3H3. The summed E-state index contributed by atoms with van der Waals surface area (Å²) in [4.78, 5) is 17.8. The van der Waals surface area contributed by atoms with Crippen LogP contribution in [-0.2, 0) is 6.42 Å². The van der Waals surface area contributed by atoms with Crippen molar-refractivity contribution in [1.82, 2.24) is 9.66 Å². The van der Waals surface area contributed by atoms with Crippen molar-refractivity contribution in [2.45, 2.75) is 19.8 Å². The average molecular weight is 491 g/mol. The fourth-order valence-electron chi connectivity index (χ4n) is 2.95. The number of benzene rings is 2. The highest BCUT2D eigenvalue weighted by atomic mass is 79.9. The molecule has 0 bridgehead atoms. The second-order valence-corrected chi connectivity index (χ2v) is 7.78. The molecule has 3 aromatic rings. The molecule has 0 atom stereocenters. The van der Waals surface area contributed by atoms with Gasteiger partial charge in [-0.1, -0.05) is 47.1 Å². The van der Waals surface area contributed by atoms with E-state index in [1.54, 1.807) is 24.3 Å². The van der Waals surface area contributed by atoms with Crippen molar-refractivity contribution >= 4 is 44.6 Å². The van der Waals surface area contributed by atoms with Crippen LogP contribution in [0.15, 0.2) is 57.4 Å². The number of ether oxygens (including phenoxy) is 2. The molecule has 0 unspecified atom stereocenters. The van der Waals surface area contributed by atoms with Crippen LogP contribution in [0, 0.1) is 0 Å². The minimum absolute atomic E-state index is 0.247. The number of fused-ring (bicyclic) bond motifs is 1. The number of hydrogen-bond donors (Lipinski definition) is 0. The fraction of sp³-hybridized carbons (Fsp3) is 0.227. The first-order valence-corrected chi connectivity index (χ1v) is 10.5. The Labute approximate surface area is 187 Å². The maximum Gasteiger partial charge on any atom is 0.282 e. The summed E-state index contributed by atoms with van der Waals surface area (Å²) in [6.45, 7) is 5.97. The molecule has 0 saturated heterocycles. The largest absolute Gasteiger partial charge is 0.493 e. The monoisotopic (exact) mass is 489 g/mol. The first-order valence-electron chi connectivity index (χ1n) is 9.35. The lowest BCUT2D eigenvalue weighted by molar-refractivity contribution is 0.326. The molecule has 0 radical (unpaired) electrons. The van der Waals surface area contributed by atoms with Crippen LogP contribution in [0.4, 0.5) is 0 Å². The van der Waals surface area contributed by atoms with Gasteiger partial charge in [-0.2, -0.15) is 9.78 Å². The summed E-state index contributed by atoms with van der Waals surface area (Å²) in [5.74, 6) is 1.51. The number of halogens is 2. The van der Waals surface area contributed by atoms with Gasteiger partial charge in [-0.25, -0.2) is 4.98 Å². The van der Waals surface area contributed by atoms with E-state index in [2.05, 4.69) is 32.6 Å². The minimum atomic E-state index is -0.247. The van der Waals surface area contributed by atoms with Crippen LogP contribution in [-0.4, -0.2) is 29.6 Å². The molecule has 2 aromatic carbocycles. The van der Waals surface area contributed by atoms with Gasteiger partial charge in [0.15, 0.2) is 11.5 Å². The van der Waals surface area contributed by atoms with Gasteiger partial charge in [0.05, 0.1) is 24.2 Å². The van der Waals surface area contributed by atoms with Gasteiger partial charge in [0.1, 0.15) is 12.4 Å². The fourth-order valence-corrected chi connectivity index (χ4v) is 3.53. The molecule has 0 saturated carbocycles. The van der Waals surface area contributed by atoms with E-state index in [1.165, 1.54) is 18.0 Å². The number of hydrogen-bond acceptors (Lipinski definition) is 5. The Morgan fingerprint density at radius 2 is 2.13 bits per heavy atom. The quantitative estimate of drug-likeness (QED) is 0.321. The van der Waals surface area contributed by atoms with Crippen LogP contribution in [0.1, 0.15) is 24.7 Å². The van der Waals surface area contributed by atoms with Crippen LogP contribution >= 0.6 is 27.5 Å². The Kier molecular flexibility index (Phi) is 7.29. The topological polar surface area (TPSA) is 65.7 Å². The highest BCUT2D eigenvalue weighted by molar-refractivity contribution is 9.10. The zero-order valence-corrected chi connectivity index (χ0v) is 19.0. The van der Waals surface area contributed by atoms with Crippen molar-refractivity contribution in [2.24, 2.45) is 5.10 Å². The van der Waals surface area contributed by atoms with Gasteiger partial charge in [-0.3, -0.25) is 4.79 Å². The average Bonchev–Trinajstić information content (AvgIpc) is 2.73. The van der Waals surface area contributed by atoms with Crippen LogP contribution < -0.4 is 15.0 Å². The zero-order valence-electron chi connectivity index (χ0n) is 16.7. The van der Waals surface area contributed by atoms with E-state index >= 15 is 0 Å². The Hall–Kier alpha value is -2.64. The summed E-state index contributed by atoms with van der Waals surface area (Å²) in [5, 5.41) is 5.38. The van der Waals surface area contributed by atoms with E-state index in [0.29, 0.717) is 45.2 Å². The number of methoxy groups -OCH3 is 1. The lowest BCUT2D eigenvalue weighted by atomic mass is 10.2. The van der Waals surface area contributed by atoms with Gasteiger partial charge in [-0.15, -0.1) is 0 Å². The van der Waals surface area contributed by atoms with E-state index in [9.17, 15) is 4.79 Å². The second kappa shape index (κ2) is 9.91. The molecule has 156 valence electrons. The highest BCUT2D eigenvalue weighted by Gasteiger charge is 2.14. The van der Waals surface area contributed by atoms with Crippen LogP contribution in [0.5, 0.6) is 11.5 Å². The summed E-state index contributed by atoms with van der Waals surface area (Å²) in [6.07, 6.45) is 4.59. The third-order valence-corrected chi connectivity index (χ3v) is 4.99. The Morgan fingerprint density at radius 3 is 2.83 bits per heavy atom. The smallest absolute Gasteiger partial charge is 0.282 e. The predicted octanol–water partition coefficient (Wildman–Crippen LogP) is 5.22. The molecular formula is C22H21BrClN3O3. The van der Waals surface area contributed by atoms with E-state index in [-0.39, 0.29) is 12.2 Å². The summed E-state index contributed by atoms with van der Waals surface area (Å²) < 4.78 is 13.2. The van der Waals surface area contributed by atoms with Crippen LogP contribution in [0.3, 0.4) is 0 Å². The van der Waals surface area contributed by atoms with Gasteiger partial charge in [0.2, 0.25) is 0 Å². The van der Waals surface area contributed by atoms with Crippen LogP contribution in [0.2, 0.25) is 5.02 Å². The maximum absolute atomic E-state index is 13.1. The zero-order chi connectivity index (χ0) is 21.7. The van der Waals surface area contributed by atoms with E-state index < -0.39 is 0 Å². The summed E-state index contributed by atoms with van der Waals surface area (Å²) >= 11 is 9.63. The molecule has 0 aliphatic rings. The molecule has 0 aliphatic carbocycles. The first kappa shape index (κ1) is 22.1. The molecule has 0 amide bonds. The van der Waals surface area contributed by atoms with Crippen LogP contribution in [0.25, 0.3) is 10.9 Å². The molecule has 0 fully saturated rings. The Morgan fingerprint density at radius 1 is 1.33 bits per heavy atom. The normalized spacial score (nSPS) is 11.2. The van der Waals surface area contributed by atoms with Gasteiger partial charge in [-0.05, 0) is 30.7 Å². The second-order valence-electron chi connectivity index (χ2n) is 6.43. The molecule has 0 N–H and O–H groups in total. The van der Waals surface area contributed by atoms with E-state index in [1.807, 2.05) is 19.1 Å². The number of rotatable bonds is 8. The molecule has 30 heavy (non-hydrogen) atoms.